The minimum atomic E-state index is 0.626. The lowest BCUT2D eigenvalue weighted by Gasteiger charge is -2.09. The fourth-order valence-electron chi connectivity index (χ4n) is 5.14. The Morgan fingerprint density at radius 1 is 0.528 bits per heavy atom. The second kappa shape index (κ2) is 7.60. The molecular weight excluding hydrogens is 442 g/mol. The number of hydrogen-bond donors (Lipinski definition) is 0. The maximum Gasteiger partial charge on any atom is 0.135 e. The van der Waals surface area contributed by atoms with Gasteiger partial charge in [0, 0.05) is 27.2 Å². The number of rotatable bonds is 2. The molecular formula is C32H17N3O. The third kappa shape index (κ3) is 2.92. The highest BCUT2D eigenvalue weighted by molar-refractivity contribution is 6.12. The molecule has 0 aliphatic carbocycles. The zero-order valence-corrected chi connectivity index (χ0v) is 19.1. The fraction of sp³-hybridized carbons (Fsp3) is 0. The number of furan rings is 1. The standard InChI is InChI=1S/C32H17N3O/c33-18-20-5-8-22(9-6-20)23-10-13-30-27(16-23)26-15-21(19-34)7-12-29(26)35(30)24-11-14-32-28(17-24)25-3-1-2-4-31(25)36-32/h1-17H. The van der Waals surface area contributed by atoms with E-state index in [4.69, 9.17) is 9.68 Å². The van der Waals surface area contributed by atoms with Crippen LogP contribution >= 0.6 is 0 Å². The van der Waals surface area contributed by atoms with Crippen molar-refractivity contribution >= 4 is 43.7 Å². The summed E-state index contributed by atoms with van der Waals surface area (Å²) in [5.41, 5.74) is 8.22. The molecule has 0 unspecified atom stereocenters. The maximum atomic E-state index is 9.58. The fourth-order valence-corrected chi connectivity index (χ4v) is 5.14. The van der Waals surface area contributed by atoms with Crippen molar-refractivity contribution in [2.24, 2.45) is 0 Å². The van der Waals surface area contributed by atoms with Crippen LogP contribution in [0.4, 0.5) is 0 Å². The number of aromatic nitrogens is 1. The molecule has 0 saturated heterocycles. The van der Waals surface area contributed by atoms with E-state index in [1.165, 1.54) is 0 Å². The van der Waals surface area contributed by atoms with E-state index in [1.54, 1.807) is 0 Å². The molecule has 0 aliphatic heterocycles. The van der Waals surface area contributed by atoms with E-state index < -0.39 is 0 Å². The van der Waals surface area contributed by atoms with Crippen LogP contribution in [0.2, 0.25) is 0 Å². The third-order valence-corrected chi connectivity index (χ3v) is 6.86. The van der Waals surface area contributed by atoms with E-state index >= 15 is 0 Å². The van der Waals surface area contributed by atoms with Crippen LogP contribution in [0.25, 0.3) is 60.6 Å². The van der Waals surface area contributed by atoms with Gasteiger partial charge >= 0.3 is 0 Å². The molecule has 4 heteroatoms. The lowest BCUT2D eigenvalue weighted by molar-refractivity contribution is 0.669. The Balaban J connectivity index is 1.51. The first-order valence-electron chi connectivity index (χ1n) is 11.6. The molecule has 36 heavy (non-hydrogen) atoms. The van der Waals surface area contributed by atoms with Crippen molar-refractivity contribution in [1.29, 1.82) is 10.5 Å². The van der Waals surface area contributed by atoms with Gasteiger partial charge in [-0.15, -0.1) is 0 Å². The Morgan fingerprint density at radius 3 is 2.00 bits per heavy atom. The zero-order valence-electron chi connectivity index (χ0n) is 19.1. The van der Waals surface area contributed by atoms with Gasteiger partial charge in [-0.3, -0.25) is 0 Å². The molecule has 2 aromatic heterocycles. The summed E-state index contributed by atoms with van der Waals surface area (Å²) in [4.78, 5) is 0. The summed E-state index contributed by atoms with van der Waals surface area (Å²) in [7, 11) is 0. The van der Waals surface area contributed by atoms with Crippen molar-refractivity contribution in [2.75, 3.05) is 0 Å². The lowest BCUT2D eigenvalue weighted by Crippen LogP contribution is -1.93. The Hall–Kier alpha value is -5.32. The van der Waals surface area contributed by atoms with E-state index in [2.05, 4.69) is 53.1 Å². The maximum absolute atomic E-state index is 9.58. The highest BCUT2D eigenvalue weighted by Crippen LogP contribution is 2.37. The van der Waals surface area contributed by atoms with Crippen LogP contribution in [0, 0.1) is 22.7 Å². The van der Waals surface area contributed by atoms with Crippen molar-refractivity contribution in [3.8, 4) is 29.0 Å². The predicted molar refractivity (Wildman–Crippen MR) is 143 cm³/mol. The summed E-state index contributed by atoms with van der Waals surface area (Å²) in [6, 6.07) is 38.7. The van der Waals surface area contributed by atoms with Gasteiger partial charge in [0.15, 0.2) is 0 Å². The molecule has 166 valence electrons. The topological polar surface area (TPSA) is 65.7 Å². The molecule has 0 saturated carbocycles. The van der Waals surface area contributed by atoms with Gasteiger partial charge in [-0.05, 0) is 77.9 Å². The zero-order chi connectivity index (χ0) is 24.2. The highest BCUT2D eigenvalue weighted by Gasteiger charge is 2.16. The number of benzene rings is 5. The SMILES string of the molecule is N#Cc1ccc(-c2ccc3c(c2)c2cc(C#N)ccc2n3-c2ccc3oc4ccccc4c3c2)cc1. The number of hydrogen-bond acceptors (Lipinski definition) is 3. The van der Waals surface area contributed by atoms with Crippen LogP contribution in [0.5, 0.6) is 0 Å². The Bertz CT molecular complexity index is 2060. The van der Waals surface area contributed by atoms with Gasteiger partial charge in [0.05, 0.1) is 34.3 Å². The third-order valence-electron chi connectivity index (χ3n) is 6.86. The van der Waals surface area contributed by atoms with Gasteiger partial charge < -0.3 is 8.98 Å². The van der Waals surface area contributed by atoms with Gasteiger partial charge in [-0.1, -0.05) is 36.4 Å². The van der Waals surface area contributed by atoms with Gasteiger partial charge in [-0.25, -0.2) is 0 Å². The van der Waals surface area contributed by atoms with Crippen molar-refractivity contribution in [2.45, 2.75) is 0 Å². The van der Waals surface area contributed by atoms with Crippen LogP contribution in [0.3, 0.4) is 0 Å². The molecule has 4 nitrogen and oxygen atoms in total. The van der Waals surface area contributed by atoms with Crippen molar-refractivity contribution in [1.82, 2.24) is 4.57 Å². The molecule has 7 rings (SSSR count). The van der Waals surface area contributed by atoms with E-state index in [9.17, 15) is 5.26 Å². The molecule has 0 amide bonds. The summed E-state index contributed by atoms with van der Waals surface area (Å²) in [5.74, 6) is 0. The van der Waals surface area contributed by atoms with Gasteiger partial charge in [0.25, 0.3) is 0 Å². The smallest absolute Gasteiger partial charge is 0.135 e. The Morgan fingerprint density at radius 2 is 1.19 bits per heavy atom. The molecule has 0 spiro atoms. The first-order valence-corrected chi connectivity index (χ1v) is 11.6. The van der Waals surface area contributed by atoms with E-state index in [-0.39, 0.29) is 0 Å². The highest BCUT2D eigenvalue weighted by atomic mass is 16.3. The quantitative estimate of drug-likeness (QED) is 0.262. The minimum absolute atomic E-state index is 0.626. The lowest BCUT2D eigenvalue weighted by atomic mass is 10.0. The molecule has 0 bridgehead atoms. The molecule has 0 aliphatic rings. The first-order chi connectivity index (χ1) is 17.7. The summed E-state index contributed by atoms with van der Waals surface area (Å²) >= 11 is 0. The van der Waals surface area contributed by atoms with Crippen LogP contribution in [-0.4, -0.2) is 4.57 Å². The average molecular weight is 460 g/mol. The van der Waals surface area contributed by atoms with Crippen LogP contribution in [0.1, 0.15) is 11.1 Å². The molecule has 0 fully saturated rings. The largest absolute Gasteiger partial charge is 0.456 e. The number of nitrogens with zero attached hydrogens (tertiary/aromatic N) is 3. The molecule has 2 heterocycles. The second-order valence-corrected chi connectivity index (χ2v) is 8.88. The number of fused-ring (bicyclic) bond motifs is 6. The van der Waals surface area contributed by atoms with Crippen LogP contribution in [0.15, 0.2) is 108 Å². The minimum Gasteiger partial charge on any atom is -0.456 e. The van der Waals surface area contributed by atoms with Gasteiger partial charge in [-0.2, -0.15) is 10.5 Å². The first kappa shape index (κ1) is 20.1. The molecule has 0 N–H and O–H groups in total. The summed E-state index contributed by atoms with van der Waals surface area (Å²) in [6.07, 6.45) is 0. The number of para-hydroxylation sites is 1. The number of nitriles is 2. The Labute approximate surface area is 206 Å². The van der Waals surface area contributed by atoms with E-state index in [0.29, 0.717) is 11.1 Å². The van der Waals surface area contributed by atoms with Crippen molar-refractivity contribution in [3.63, 3.8) is 0 Å². The predicted octanol–water partition coefficient (Wildman–Crippen LogP) is 8.09. The Kier molecular flexibility index (Phi) is 4.24. The monoisotopic (exact) mass is 459 g/mol. The second-order valence-electron chi connectivity index (χ2n) is 8.88. The molecule has 7 aromatic rings. The summed E-state index contributed by atoms with van der Waals surface area (Å²) < 4.78 is 8.29. The van der Waals surface area contributed by atoms with E-state index in [1.807, 2.05) is 66.7 Å². The summed E-state index contributed by atoms with van der Waals surface area (Å²) in [6.45, 7) is 0. The molecule has 0 radical (unpaired) electrons. The normalized spacial score (nSPS) is 11.3. The average Bonchev–Trinajstić information content (AvgIpc) is 3.47. The van der Waals surface area contributed by atoms with Crippen LogP contribution in [-0.2, 0) is 0 Å². The molecule has 0 atom stereocenters. The van der Waals surface area contributed by atoms with Crippen LogP contribution < -0.4 is 0 Å². The van der Waals surface area contributed by atoms with Gasteiger partial charge in [0.2, 0.25) is 0 Å². The van der Waals surface area contributed by atoms with Crippen molar-refractivity contribution in [3.05, 3.63) is 114 Å². The van der Waals surface area contributed by atoms with Gasteiger partial charge in [0.1, 0.15) is 11.2 Å². The summed E-state index contributed by atoms with van der Waals surface area (Å²) in [5, 5.41) is 23.0. The van der Waals surface area contributed by atoms with Crippen molar-refractivity contribution < 1.29 is 4.42 Å². The van der Waals surface area contributed by atoms with E-state index in [0.717, 1.165) is 60.6 Å². The molecule has 5 aromatic carbocycles.